The van der Waals surface area contributed by atoms with Crippen molar-refractivity contribution in [3.05, 3.63) is 51.1 Å². The zero-order valence-electron chi connectivity index (χ0n) is 18.2. The fraction of sp³-hybridized carbons (Fsp3) is 0.409. The highest BCUT2D eigenvalue weighted by Gasteiger charge is 2.42. The number of Topliss-reactive ketones (excluding diaryl/α,β-unsaturated/α-hetero) is 1. The number of fused-ring (bicyclic) bond motifs is 2. The molecular weight excluding hydrogens is 444 g/mol. The monoisotopic (exact) mass is 466 g/mol. The Hall–Kier alpha value is -3.49. The highest BCUT2D eigenvalue weighted by Crippen LogP contribution is 2.35. The molecular formula is C22H23ClN8O2. The summed E-state index contributed by atoms with van der Waals surface area (Å²) in [5.41, 5.74) is 10.8. The van der Waals surface area contributed by atoms with Crippen molar-refractivity contribution in [3.8, 4) is 0 Å². The quantitative estimate of drug-likeness (QED) is 0.252. The summed E-state index contributed by atoms with van der Waals surface area (Å²) in [6.07, 6.45) is 2.83. The fourth-order valence-corrected chi connectivity index (χ4v) is 5.13. The number of nitrogens with zero attached hydrogens (tertiary/aromatic N) is 6. The molecule has 2 N–H and O–H groups in total. The van der Waals surface area contributed by atoms with E-state index in [0.29, 0.717) is 22.5 Å². The molecule has 10 nitrogen and oxygen atoms in total. The highest BCUT2D eigenvalue weighted by molar-refractivity contribution is 6.35. The molecule has 3 heterocycles. The molecule has 1 fully saturated rings. The molecule has 1 amide bonds. The number of imidazole rings is 1. The van der Waals surface area contributed by atoms with Crippen LogP contribution >= 0.6 is 11.6 Å². The maximum atomic E-state index is 13.5. The first-order valence-electron chi connectivity index (χ1n) is 10.8. The lowest BCUT2D eigenvalue weighted by Gasteiger charge is -2.27. The molecule has 3 aromatic rings. The van der Waals surface area contributed by atoms with Gasteiger partial charge in [-0.2, -0.15) is 4.98 Å². The van der Waals surface area contributed by atoms with Crippen LogP contribution in [0.4, 0.5) is 11.8 Å². The zero-order chi connectivity index (χ0) is 23.3. The average Bonchev–Trinajstić information content (AvgIpc) is 3.49. The van der Waals surface area contributed by atoms with E-state index in [1.807, 2.05) is 18.2 Å². The van der Waals surface area contributed by atoms with E-state index >= 15 is 0 Å². The van der Waals surface area contributed by atoms with Gasteiger partial charge in [-0.3, -0.25) is 14.5 Å². The van der Waals surface area contributed by atoms with Crippen LogP contribution < -0.4 is 10.2 Å². The van der Waals surface area contributed by atoms with Gasteiger partial charge in [0.1, 0.15) is 11.6 Å². The molecule has 1 aliphatic carbocycles. The van der Waals surface area contributed by atoms with Crippen molar-refractivity contribution < 1.29 is 9.59 Å². The van der Waals surface area contributed by atoms with Crippen molar-refractivity contribution in [2.45, 2.75) is 37.8 Å². The lowest BCUT2D eigenvalue weighted by atomic mass is 9.91. The summed E-state index contributed by atoms with van der Waals surface area (Å²) in [7, 11) is 3.39. The first-order chi connectivity index (χ1) is 15.9. The number of carbonyl (C=O) groups excluding carboxylic acids is 2. The van der Waals surface area contributed by atoms with Crippen molar-refractivity contribution in [1.82, 2.24) is 14.5 Å². The third-order valence-electron chi connectivity index (χ3n) is 6.66. The number of hydrogen-bond acceptors (Lipinski definition) is 5. The molecule has 0 spiro atoms. The summed E-state index contributed by atoms with van der Waals surface area (Å²) < 4.78 is 1.70. The number of hydrogen-bond donors (Lipinski definition) is 2. The summed E-state index contributed by atoms with van der Waals surface area (Å²) in [6, 6.07) is 7.22. The van der Waals surface area contributed by atoms with Gasteiger partial charge in [-0.05, 0) is 36.6 Å². The van der Waals surface area contributed by atoms with E-state index in [1.165, 1.54) is 4.90 Å². The van der Waals surface area contributed by atoms with Crippen LogP contribution in [0.15, 0.2) is 29.4 Å². The molecule has 0 radical (unpaired) electrons. The van der Waals surface area contributed by atoms with Gasteiger partial charge in [0.05, 0.1) is 6.04 Å². The molecule has 3 atom stereocenters. The SMILES string of the molecule is CN1C(=O)C(Cc2cc3c(Cl)cccc3[nH]2)C(=O)c2c1nc(N[C@@H]1CCCC1N=[N+]=[N-])n2C. The minimum Gasteiger partial charge on any atom is -0.358 e. The van der Waals surface area contributed by atoms with Crippen LogP contribution in [-0.2, 0) is 18.3 Å². The van der Waals surface area contributed by atoms with Gasteiger partial charge in [-0.15, -0.1) is 0 Å². The summed E-state index contributed by atoms with van der Waals surface area (Å²) >= 11 is 6.28. The number of rotatable bonds is 5. The fourth-order valence-electron chi connectivity index (χ4n) is 4.90. The van der Waals surface area contributed by atoms with Gasteiger partial charge in [0, 0.05) is 53.1 Å². The molecule has 5 rings (SSSR count). The minimum absolute atomic E-state index is 0.0635. The predicted molar refractivity (Wildman–Crippen MR) is 126 cm³/mol. The van der Waals surface area contributed by atoms with Crippen LogP contribution in [0.25, 0.3) is 21.3 Å². The Bertz CT molecular complexity index is 1320. The lowest BCUT2D eigenvalue weighted by Crippen LogP contribution is -2.44. The Morgan fingerprint density at radius 2 is 2.15 bits per heavy atom. The number of carbonyl (C=O) groups is 2. The maximum Gasteiger partial charge on any atom is 0.239 e. The van der Waals surface area contributed by atoms with Crippen molar-refractivity contribution in [2.24, 2.45) is 18.1 Å². The normalized spacial score (nSPS) is 22.5. The molecule has 0 saturated heterocycles. The predicted octanol–water partition coefficient (Wildman–Crippen LogP) is 4.22. The standard InChI is InChI=1S/C22H23ClN8O2/c1-30-18-19(32)13(10-11-9-12-14(23)5-3-6-15(12)25-11)21(33)31(2)20(18)27-22(30)26-16-7-4-8-17(16)28-29-24/h3,5-6,9,13,16-17,25H,4,7-8,10H2,1-2H3,(H,26,27)/t13?,16-,17?/m1/s1. The first-order valence-corrected chi connectivity index (χ1v) is 11.2. The third kappa shape index (κ3) is 3.51. The topological polar surface area (TPSA) is 132 Å². The Labute approximate surface area is 194 Å². The van der Waals surface area contributed by atoms with E-state index in [4.69, 9.17) is 17.1 Å². The smallest absolute Gasteiger partial charge is 0.239 e. The number of aromatic nitrogens is 3. The van der Waals surface area contributed by atoms with E-state index in [0.717, 1.165) is 35.9 Å². The van der Waals surface area contributed by atoms with Gasteiger partial charge in [0.25, 0.3) is 0 Å². The highest BCUT2D eigenvalue weighted by atomic mass is 35.5. The maximum absolute atomic E-state index is 13.5. The number of azide groups is 1. The minimum atomic E-state index is -0.861. The van der Waals surface area contributed by atoms with Crippen molar-refractivity contribution in [3.63, 3.8) is 0 Å². The van der Waals surface area contributed by atoms with E-state index < -0.39 is 5.92 Å². The van der Waals surface area contributed by atoms with Crippen LogP contribution in [0.3, 0.4) is 0 Å². The summed E-state index contributed by atoms with van der Waals surface area (Å²) in [6.45, 7) is 0. The molecule has 1 aromatic carbocycles. The van der Waals surface area contributed by atoms with Crippen LogP contribution in [0.5, 0.6) is 0 Å². The molecule has 1 saturated carbocycles. The summed E-state index contributed by atoms with van der Waals surface area (Å²) in [4.78, 5) is 38.8. The molecule has 2 unspecified atom stereocenters. The van der Waals surface area contributed by atoms with Gasteiger partial charge in [-0.25, -0.2) is 0 Å². The molecule has 170 valence electrons. The average molecular weight is 467 g/mol. The number of nitrogens with one attached hydrogen (secondary N) is 2. The number of anilines is 2. The zero-order valence-corrected chi connectivity index (χ0v) is 19.0. The molecule has 2 aliphatic rings. The summed E-state index contributed by atoms with van der Waals surface area (Å²) in [5.74, 6) is -0.603. The summed E-state index contributed by atoms with van der Waals surface area (Å²) in [5, 5.41) is 8.67. The second kappa shape index (κ2) is 8.13. The van der Waals surface area contributed by atoms with E-state index in [-0.39, 0.29) is 30.2 Å². The second-order valence-corrected chi connectivity index (χ2v) is 9.04. The van der Waals surface area contributed by atoms with E-state index in [2.05, 4.69) is 25.3 Å². The van der Waals surface area contributed by atoms with Gasteiger partial charge >= 0.3 is 0 Å². The van der Waals surface area contributed by atoms with Crippen LogP contribution in [0.1, 0.15) is 35.4 Å². The van der Waals surface area contributed by atoms with Crippen molar-refractivity contribution in [2.75, 3.05) is 17.3 Å². The van der Waals surface area contributed by atoms with Gasteiger partial charge in [0.2, 0.25) is 11.9 Å². The Kier molecular flexibility index (Phi) is 5.26. The lowest BCUT2D eigenvalue weighted by molar-refractivity contribution is -0.121. The number of ketones is 1. The van der Waals surface area contributed by atoms with Gasteiger partial charge in [0.15, 0.2) is 11.6 Å². The first kappa shape index (κ1) is 21.4. The molecule has 1 aliphatic heterocycles. The molecule has 11 heteroatoms. The van der Waals surface area contributed by atoms with Gasteiger partial charge < -0.3 is 14.9 Å². The molecule has 0 bridgehead atoms. The van der Waals surface area contributed by atoms with Crippen molar-refractivity contribution in [1.29, 1.82) is 0 Å². The second-order valence-electron chi connectivity index (χ2n) is 8.63. The van der Waals surface area contributed by atoms with Gasteiger partial charge in [-0.1, -0.05) is 29.2 Å². The number of H-pyrrole nitrogens is 1. The third-order valence-corrected chi connectivity index (χ3v) is 6.99. The largest absolute Gasteiger partial charge is 0.358 e. The Morgan fingerprint density at radius 1 is 1.33 bits per heavy atom. The van der Waals surface area contributed by atoms with Crippen LogP contribution in [-0.4, -0.2) is 45.4 Å². The Balaban J connectivity index is 1.45. The van der Waals surface area contributed by atoms with Crippen LogP contribution in [0.2, 0.25) is 5.02 Å². The molecule has 2 aromatic heterocycles. The molecule has 33 heavy (non-hydrogen) atoms. The number of benzene rings is 1. The number of amides is 1. The van der Waals surface area contributed by atoms with Crippen LogP contribution in [0, 0.1) is 5.92 Å². The van der Waals surface area contributed by atoms with E-state index in [1.54, 1.807) is 24.7 Å². The van der Waals surface area contributed by atoms with E-state index in [9.17, 15) is 9.59 Å². The van der Waals surface area contributed by atoms with Crippen molar-refractivity contribution >= 4 is 46.0 Å². The Morgan fingerprint density at radius 3 is 2.91 bits per heavy atom. The number of aromatic amines is 1. The number of halogens is 1.